The number of rotatable bonds is 4. The molecule has 1 aliphatic rings. The van der Waals surface area contributed by atoms with Gasteiger partial charge in [0.25, 0.3) is 5.91 Å². The van der Waals surface area contributed by atoms with E-state index in [1.807, 2.05) is 68.4 Å². The number of carbonyl (C=O) groups is 1. The Bertz CT molecular complexity index is 1090. The van der Waals surface area contributed by atoms with Crippen LogP contribution in [0, 0.1) is 0 Å². The number of hydrogen-bond acceptors (Lipinski definition) is 4. The van der Waals surface area contributed by atoms with Crippen LogP contribution in [-0.4, -0.2) is 24.8 Å². The predicted octanol–water partition coefficient (Wildman–Crippen LogP) is 5.47. The van der Waals surface area contributed by atoms with E-state index in [0.717, 1.165) is 38.1 Å². The highest BCUT2D eigenvalue weighted by Gasteiger charge is 2.20. The molecule has 0 saturated heterocycles. The third-order valence-corrected chi connectivity index (χ3v) is 5.74. The van der Waals surface area contributed by atoms with Gasteiger partial charge in [-0.3, -0.25) is 4.79 Å². The van der Waals surface area contributed by atoms with Gasteiger partial charge in [-0.15, -0.1) is 0 Å². The summed E-state index contributed by atoms with van der Waals surface area (Å²) in [4.78, 5) is 19.7. The molecule has 29 heavy (non-hydrogen) atoms. The number of nitrogens with zero attached hydrogens (tertiary/aromatic N) is 1. The van der Waals surface area contributed by atoms with Crippen molar-refractivity contribution in [2.75, 3.05) is 7.11 Å². The average Bonchev–Trinajstić information content (AvgIpc) is 2.89. The molecule has 0 radical (unpaired) electrons. The van der Waals surface area contributed by atoms with Crippen LogP contribution in [0.25, 0.3) is 0 Å². The molecule has 1 N–H and O–H groups in total. The van der Waals surface area contributed by atoms with Gasteiger partial charge in [-0.2, -0.15) is 0 Å². The second-order valence-electron chi connectivity index (χ2n) is 7.10. The summed E-state index contributed by atoms with van der Waals surface area (Å²) in [6, 6.07) is 21.9. The monoisotopic (exact) mass is 402 g/mol. The minimum absolute atomic E-state index is 0.0818. The first kappa shape index (κ1) is 19.3. The molecule has 4 nitrogen and oxygen atoms in total. The van der Waals surface area contributed by atoms with Crippen molar-refractivity contribution in [3.05, 3.63) is 83.4 Å². The second-order valence-corrected chi connectivity index (χ2v) is 8.18. The van der Waals surface area contributed by atoms with Crippen LogP contribution >= 0.6 is 11.8 Å². The molecule has 4 rings (SSSR count). The highest BCUT2D eigenvalue weighted by molar-refractivity contribution is 7.99. The van der Waals surface area contributed by atoms with Gasteiger partial charge < -0.3 is 10.1 Å². The summed E-state index contributed by atoms with van der Waals surface area (Å²) in [6.07, 6.45) is 0. The largest absolute Gasteiger partial charge is 0.497 e. The molecule has 3 aromatic rings. The Balaban J connectivity index is 1.84. The third kappa shape index (κ3) is 4.05. The van der Waals surface area contributed by atoms with Gasteiger partial charge in [0.05, 0.1) is 18.5 Å². The maximum Gasteiger partial charge on any atom is 0.251 e. The lowest BCUT2D eigenvalue weighted by Gasteiger charge is -2.10. The Hall–Kier alpha value is -3.05. The third-order valence-electron chi connectivity index (χ3n) is 4.60. The number of fused-ring (bicyclic) bond motifs is 2. The molecular formula is C24H22N2O2S. The topological polar surface area (TPSA) is 50.7 Å². The first-order chi connectivity index (χ1) is 14.0. The smallest absolute Gasteiger partial charge is 0.251 e. The molecule has 0 spiro atoms. The van der Waals surface area contributed by atoms with Crippen molar-refractivity contribution < 1.29 is 9.53 Å². The van der Waals surface area contributed by atoms with Crippen LogP contribution < -0.4 is 10.1 Å². The average molecular weight is 403 g/mol. The fourth-order valence-electron chi connectivity index (χ4n) is 3.20. The SMILES string of the molecule is COc1ccc(C2=Nc3cc(C(=O)NC(C)C)ccc3Sc3ccccc32)cc1. The molecule has 1 amide bonds. The highest BCUT2D eigenvalue weighted by Crippen LogP contribution is 2.41. The van der Waals surface area contributed by atoms with Crippen molar-refractivity contribution >= 4 is 29.1 Å². The number of hydrogen-bond donors (Lipinski definition) is 1. The van der Waals surface area contributed by atoms with Crippen LogP contribution in [0.5, 0.6) is 5.75 Å². The standard InChI is InChI=1S/C24H22N2O2S/c1-15(2)25-24(27)17-10-13-22-20(14-17)26-23(16-8-11-18(28-3)12-9-16)19-6-4-5-7-21(19)29-22/h4-15H,1-3H3,(H,25,27). The molecule has 1 heterocycles. The lowest BCUT2D eigenvalue weighted by molar-refractivity contribution is 0.0943. The van der Waals surface area contributed by atoms with Crippen molar-refractivity contribution in [1.29, 1.82) is 0 Å². The normalized spacial score (nSPS) is 12.5. The zero-order chi connectivity index (χ0) is 20.4. The van der Waals surface area contributed by atoms with Crippen molar-refractivity contribution in [3.63, 3.8) is 0 Å². The second kappa shape index (κ2) is 8.13. The molecule has 0 saturated carbocycles. The van der Waals surface area contributed by atoms with E-state index in [1.165, 1.54) is 0 Å². The molecule has 0 fully saturated rings. The Kier molecular flexibility index (Phi) is 5.41. The minimum Gasteiger partial charge on any atom is -0.497 e. The Morgan fingerprint density at radius 1 is 1.00 bits per heavy atom. The van der Waals surface area contributed by atoms with E-state index in [1.54, 1.807) is 18.9 Å². The summed E-state index contributed by atoms with van der Waals surface area (Å²) in [5, 5.41) is 2.95. The van der Waals surface area contributed by atoms with E-state index in [0.29, 0.717) is 5.56 Å². The quantitative estimate of drug-likeness (QED) is 0.493. The van der Waals surface area contributed by atoms with E-state index in [9.17, 15) is 4.79 Å². The summed E-state index contributed by atoms with van der Waals surface area (Å²) >= 11 is 1.67. The summed E-state index contributed by atoms with van der Waals surface area (Å²) < 4.78 is 5.29. The molecule has 0 bridgehead atoms. The van der Waals surface area contributed by atoms with Gasteiger partial charge in [-0.05, 0) is 62.4 Å². The lowest BCUT2D eigenvalue weighted by atomic mass is 10.0. The molecule has 146 valence electrons. The van der Waals surface area contributed by atoms with E-state index >= 15 is 0 Å². The van der Waals surface area contributed by atoms with Gasteiger partial charge in [0.15, 0.2) is 0 Å². The minimum atomic E-state index is -0.0873. The van der Waals surface area contributed by atoms with Crippen molar-refractivity contribution in [2.45, 2.75) is 29.7 Å². The Morgan fingerprint density at radius 3 is 2.48 bits per heavy atom. The van der Waals surface area contributed by atoms with E-state index < -0.39 is 0 Å². The van der Waals surface area contributed by atoms with Crippen molar-refractivity contribution in [2.24, 2.45) is 4.99 Å². The number of nitrogens with one attached hydrogen (secondary N) is 1. The van der Waals surface area contributed by atoms with Gasteiger partial charge in [0.2, 0.25) is 0 Å². The van der Waals surface area contributed by atoms with Crippen LogP contribution in [0.2, 0.25) is 0 Å². The van der Waals surface area contributed by atoms with Crippen LogP contribution in [-0.2, 0) is 0 Å². The number of benzene rings is 3. The van der Waals surface area contributed by atoms with Gasteiger partial charge in [0.1, 0.15) is 5.75 Å². The first-order valence-electron chi connectivity index (χ1n) is 9.50. The first-order valence-corrected chi connectivity index (χ1v) is 10.3. The summed E-state index contributed by atoms with van der Waals surface area (Å²) in [5.74, 6) is 0.717. The molecule has 3 aromatic carbocycles. The fraction of sp³-hybridized carbons (Fsp3) is 0.167. The van der Waals surface area contributed by atoms with Gasteiger partial charge in [-0.25, -0.2) is 4.99 Å². The molecule has 0 aromatic heterocycles. The molecule has 0 atom stereocenters. The number of carbonyl (C=O) groups excluding carboxylic acids is 1. The van der Waals surface area contributed by atoms with Crippen LogP contribution in [0.15, 0.2) is 81.5 Å². The number of ether oxygens (including phenoxy) is 1. The van der Waals surface area contributed by atoms with Crippen LogP contribution in [0.4, 0.5) is 5.69 Å². The van der Waals surface area contributed by atoms with Crippen molar-refractivity contribution in [1.82, 2.24) is 5.32 Å². The Labute approximate surface area is 175 Å². The predicted molar refractivity (Wildman–Crippen MR) is 118 cm³/mol. The fourth-order valence-corrected chi connectivity index (χ4v) is 4.20. The van der Waals surface area contributed by atoms with E-state index in [2.05, 4.69) is 17.4 Å². The van der Waals surface area contributed by atoms with Gasteiger partial charge >= 0.3 is 0 Å². The molecule has 0 aliphatic carbocycles. The highest BCUT2D eigenvalue weighted by atomic mass is 32.2. The Morgan fingerprint density at radius 2 is 1.76 bits per heavy atom. The van der Waals surface area contributed by atoms with E-state index in [4.69, 9.17) is 9.73 Å². The van der Waals surface area contributed by atoms with Crippen LogP contribution in [0.1, 0.15) is 35.3 Å². The summed E-state index contributed by atoms with van der Waals surface area (Å²) in [7, 11) is 1.66. The number of amides is 1. The maximum atomic E-state index is 12.5. The maximum absolute atomic E-state index is 12.5. The zero-order valence-electron chi connectivity index (χ0n) is 16.6. The summed E-state index contributed by atoms with van der Waals surface area (Å²) in [5.41, 5.74) is 4.38. The zero-order valence-corrected chi connectivity index (χ0v) is 17.4. The van der Waals surface area contributed by atoms with Crippen LogP contribution in [0.3, 0.4) is 0 Å². The molecule has 1 aliphatic heterocycles. The van der Waals surface area contributed by atoms with E-state index in [-0.39, 0.29) is 11.9 Å². The number of methoxy groups -OCH3 is 1. The summed E-state index contributed by atoms with van der Waals surface area (Å²) in [6.45, 7) is 3.90. The molecule has 0 unspecified atom stereocenters. The van der Waals surface area contributed by atoms with Crippen molar-refractivity contribution in [3.8, 4) is 5.75 Å². The van der Waals surface area contributed by atoms with Gasteiger partial charge in [-0.1, -0.05) is 30.0 Å². The molecular weight excluding hydrogens is 380 g/mol. The molecule has 5 heteroatoms. The lowest BCUT2D eigenvalue weighted by Crippen LogP contribution is -2.29. The van der Waals surface area contributed by atoms with Gasteiger partial charge in [0, 0.05) is 32.5 Å². The number of aliphatic imine (C=N–C) groups is 1.